The number of fused-ring (bicyclic) bond motifs is 1. The Morgan fingerprint density at radius 2 is 1.90 bits per heavy atom. The van der Waals surface area contributed by atoms with Crippen molar-refractivity contribution < 1.29 is 5.11 Å². The maximum atomic E-state index is 10.2. The molecule has 0 fully saturated rings. The van der Waals surface area contributed by atoms with Crippen molar-refractivity contribution in [1.29, 1.82) is 0 Å². The van der Waals surface area contributed by atoms with E-state index in [9.17, 15) is 5.11 Å². The van der Waals surface area contributed by atoms with Crippen LogP contribution in [0.3, 0.4) is 0 Å². The fraction of sp³-hybridized carbons (Fsp3) is 0.176. The van der Waals surface area contributed by atoms with E-state index in [-0.39, 0.29) is 0 Å². The Kier molecular flexibility index (Phi) is 3.72. The second-order valence-corrected chi connectivity index (χ2v) is 5.87. The Morgan fingerprint density at radius 3 is 2.70 bits per heavy atom. The molecule has 0 aliphatic heterocycles. The predicted octanol–water partition coefficient (Wildman–Crippen LogP) is 4.24. The molecular formula is C17H17NOS. The van der Waals surface area contributed by atoms with Gasteiger partial charge in [0.15, 0.2) is 0 Å². The fourth-order valence-corrected chi connectivity index (χ4v) is 3.17. The first-order valence-electron chi connectivity index (χ1n) is 6.63. The summed E-state index contributed by atoms with van der Waals surface area (Å²) in [5.41, 5.74) is 2.32. The highest BCUT2D eigenvalue weighted by Crippen LogP contribution is 2.28. The summed E-state index contributed by atoms with van der Waals surface area (Å²) >= 11 is 1.72. The lowest BCUT2D eigenvalue weighted by atomic mass is 10.0. The van der Waals surface area contributed by atoms with Crippen LogP contribution in [0.5, 0.6) is 5.75 Å². The van der Waals surface area contributed by atoms with Crippen molar-refractivity contribution in [1.82, 2.24) is 4.90 Å². The standard InChI is InChI=1S/C17H17NOS/c1-18(10-13-8-9-20-12-13)11-16-15-5-3-2-4-14(15)6-7-17(16)19/h2-9,12,19H,10-11H2,1H3. The van der Waals surface area contributed by atoms with Crippen LogP contribution < -0.4 is 0 Å². The number of aromatic hydroxyl groups is 1. The molecule has 0 amide bonds. The summed E-state index contributed by atoms with van der Waals surface area (Å²) < 4.78 is 0. The van der Waals surface area contributed by atoms with Crippen LogP contribution in [0.1, 0.15) is 11.1 Å². The number of phenols is 1. The third-order valence-electron chi connectivity index (χ3n) is 3.48. The quantitative estimate of drug-likeness (QED) is 0.774. The number of phenolic OH excluding ortho intramolecular Hbond substituents is 1. The van der Waals surface area contributed by atoms with E-state index in [0.717, 1.165) is 24.0 Å². The van der Waals surface area contributed by atoms with Crippen LogP contribution in [-0.2, 0) is 13.1 Å². The van der Waals surface area contributed by atoms with Gasteiger partial charge in [-0.15, -0.1) is 0 Å². The predicted molar refractivity (Wildman–Crippen MR) is 85.1 cm³/mol. The molecule has 0 aliphatic rings. The first-order valence-corrected chi connectivity index (χ1v) is 7.57. The molecule has 0 atom stereocenters. The van der Waals surface area contributed by atoms with Crippen molar-refractivity contribution in [2.75, 3.05) is 7.05 Å². The Morgan fingerprint density at radius 1 is 1.05 bits per heavy atom. The highest BCUT2D eigenvalue weighted by atomic mass is 32.1. The SMILES string of the molecule is CN(Cc1ccsc1)Cc1c(O)ccc2ccccc12. The molecule has 3 heteroatoms. The molecule has 0 unspecified atom stereocenters. The molecule has 0 saturated carbocycles. The third kappa shape index (κ3) is 2.69. The van der Waals surface area contributed by atoms with E-state index < -0.39 is 0 Å². The van der Waals surface area contributed by atoms with E-state index in [1.165, 1.54) is 10.9 Å². The van der Waals surface area contributed by atoms with Crippen molar-refractivity contribution >= 4 is 22.1 Å². The van der Waals surface area contributed by atoms with Gasteiger partial charge in [-0.05, 0) is 46.3 Å². The molecule has 20 heavy (non-hydrogen) atoms. The van der Waals surface area contributed by atoms with Crippen LogP contribution >= 0.6 is 11.3 Å². The van der Waals surface area contributed by atoms with Gasteiger partial charge in [0.2, 0.25) is 0 Å². The maximum Gasteiger partial charge on any atom is 0.120 e. The molecule has 0 bridgehead atoms. The molecule has 1 aromatic heterocycles. The largest absolute Gasteiger partial charge is 0.508 e. The fourth-order valence-electron chi connectivity index (χ4n) is 2.51. The Bertz CT molecular complexity index is 706. The number of thiophene rings is 1. The summed E-state index contributed by atoms with van der Waals surface area (Å²) in [5, 5.41) is 16.7. The van der Waals surface area contributed by atoms with Crippen LogP contribution in [0.25, 0.3) is 10.8 Å². The average molecular weight is 283 g/mol. The lowest BCUT2D eigenvalue weighted by Gasteiger charge is -2.18. The summed E-state index contributed by atoms with van der Waals surface area (Å²) in [5.74, 6) is 0.376. The highest BCUT2D eigenvalue weighted by molar-refractivity contribution is 7.07. The maximum absolute atomic E-state index is 10.2. The Balaban J connectivity index is 1.88. The molecule has 1 heterocycles. The van der Waals surface area contributed by atoms with E-state index in [0.29, 0.717) is 5.75 Å². The summed E-state index contributed by atoms with van der Waals surface area (Å²) in [6.07, 6.45) is 0. The van der Waals surface area contributed by atoms with Gasteiger partial charge < -0.3 is 5.11 Å². The molecule has 0 radical (unpaired) electrons. The van der Waals surface area contributed by atoms with Gasteiger partial charge in [-0.3, -0.25) is 4.90 Å². The zero-order valence-corrected chi connectivity index (χ0v) is 12.2. The first-order chi connectivity index (χ1) is 9.74. The van der Waals surface area contributed by atoms with Crippen molar-refractivity contribution in [2.24, 2.45) is 0 Å². The second kappa shape index (κ2) is 5.65. The molecule has 3 rings (SSSR count). The molecule has 2 aromatic carbocycles. The van der Waals surface area contributed by atoms with Gasteiger partial charge in [0, 0.05) is 18.7 Å². The average Bonchev–Trinajstić information content (AvgIpc) is 2.95. The van der Waals surface area contributed by atoms with Crippen molar-refractivity contribution in [3.63, 3.8) is 0 Å². The number of benzene rings is 2. The van der Waals surface area contributed by atoms with Crippen LogP contribution in [0.2, 0.25) is 0 Å². The van der Waals surface area contributed by atoms with E-state index in [1.54, 1.807) is 17.4 Å². The Labute approximate surface area is 122 Å². The topological polar surface area (TPSA) is 23.5 Å². The van der Waals surface area contributed by atoms with Gasteiger partial charge in [-0.1, -0.05) is 30.3 Å². The van der Waals surface area contributed by atoms with Gasteiger partial charge in [0.05, 0.1) is 0 Å². The van der Waals surface area contributed by atoms with E-state index in [1.807, 2.05) is 18.2 Å². The number of hydrogen-bond acceptors (Lipinski definition) is 3. The third-order valence-corrected chi connectivity index (χ3v) is 4.21. The highest BCUT2D eigenvalue weighted by Gasteiger charge is 2.10. The lowest BCUT2D eigenvalue weighted by molar-refractivity contribution is 0.314. The number of rotatable bonds is 4. The van der Waals surface area contributed by atoms with Gasteiger partial charge >= 0.3 is 0 Å². The Hall–Kier alpha value is -1.84. The van der Waals surface area contributed by atoms with E-state index in [2.05, 4.69) is 40.9 Å². The van der Waals surface area contributed by atoms with Crippen LogP contribution in [0.15, 0.2) is 53.2 Å². The summed E-state index contributed by atoms with van der Waals surface area (Å²) in [4.78, 5) is 2.23. The minimum absolute atomic E-state index is 0.376. The van der Waals surface area contributed by atoms with E-state index >= 15 is 0 Å². The molecule has 102 valence electrons. The second-order valence-electron chi connectivity index (χ2n) is 5.09. The van der Waals surface area contributed by atoms with Gasteiger partial charge in [-0.25, -0.2) is 0 Å². The zero-order valence-electron chi connectivity index (χ0n) is 11.4. The summed E-state index contributed by atoms with van der Waals surface area (Å²) in [6, 6.07) is 14.1. The number of nitrogens with zero attached hydrogens (tertiary/aromatic N) is 1. The normalized spacial score (nSPS) is 11.3. The molecule has 1 N–H and O–H groups in total. The van der Waals surface area contributed by atoms with Crippen LogP contribution in [0, 0.1) is 0 Å². The smallest absolute Gasteiger partial charge is 0.120 e. The molecule has 3 aromatic rings. The van der Waals surface area contributed by atoms with Crippen molar-refractivity contribution in [3.05, 3.63) is 64.4 Å². The molecular weight excluding hydrogens is 266 g/mol. The molecule has 0 saturated heterocycles. The van der Waals surface area contributed by atoms with Gasteiger partial charge in [-0.2, -0.15) is 11.3 Å². The number of hydrogen-bond donors (Lipinski definition) is 1. The first kappa shape index (κ1) is 13.2. The van der Waals surface area contributed by atoms with Gasteiger partial charge in [0.25, 0.3) is 0 Å². The molecule has 2 nitrogen and oxygen atoms in total. The monoisotopic (exact) mass is 283 g/mol. The zero-order chi connectivity index (χ0) is 13.9. The van der Waals surface area contributed by atoms with Gasteiger partial charge in [0.1, 0.15) is 5.75 Å². The minimum Gasteiger partial charge on any atom is -0.508 e. The van der Waals surface area contributed by atoms with Crippen LogP contribution in [0.4, 0.5) is 0 Å². The molecule has 0 spiro atoms. The minimum atomic E-state index is 0.376. The van der Waals surface area contributed by atoms with Crippen molar-refractivity contribution in [3.8, 4) is 5.75 Å². The lowest BCUT2D eigenvalue weighted by Crippen LogP contribution is -2.17. The summed E-state index contributed by atoms with van der Waals surface area (Å²) in [7, 11) is 2.08. The molecule has 0 aliphatic carbocycles. The van der Waals surface area contributed by atoms with Crippen molar-refractivity contribution in [2.45, 2.75) is 13.1 Å². The van der Waals surface area contributed by atoms with E-state index in [4.69, 9.17) is 0 Å². The summed E-state index contributed by atoms with van der Waals surface area (Å²) in [6.45, 7) is 1.63. The van der Waals surface area contributed by atoms with Crippen LogP contribution in [-0.4, -0.2) is 17.1 Å².